The van der Waals surface area contributed by atoms with Crippen molar-refractivity contribution in [1.82, 2.24) is 4.98 Å². The molecule has 0 amide bonds. The van der Waals surface area contributed by atoms with Crippen LogP contribution in [0.2, 0.25) is 5.15 Å². The van der Waals surface area contributed by atoms with E-state index >= 15 is 0 Å². The Balaban J connectivity index is 2.23. The second-order valence-electron chi connectivity index (χ2n) is 9.12. The lowest BCUT2D eigenvalue weighted by molar-refractivity contribution is 0.0219. The molecule has 0 N–H and O–H groups in total. The van der Waals surface area contributed by atoms with Gasteiger partial charge in [-0.05, 0) is 59.9 Å². The molecule has 0 radical (unpaired) electrons. The van der Waals surface area contributed by atoms with Crippen molar-refractivity contribution in [1.29, 1.82) is 10.5 Å². The van der Waals surface area contributed by atoms with Gasteiger partial charge in [-0.3, -0.25) is 0 Å². The standard InChI is InChI=1S/C21H30ClN4O3P/c1-8-15-16(11-23)18(22)25-19(17(15)12-24)26-10-9-14(13-26)27-30(28-20(2,3)4)29-21(5,6)7/h14H,8-10,13H2,1-7H3. The van der Waals surface area contributed by atoms with E-state index in [1.165, 1.54) is 0 Å². The zero-order valence-corrected chi connectivity index (χ0v) is 20.4. The van der Waals surface area contributed by atoms with E-state index in [9.17, 15) is 10.5 Å². The van der Waals surface area contributed by atoms with Gasteiger partial charge < -0.3 is 18.5 Å². The Kier molecular flexibility index (Phi) is 8.08. The van der Waals surface area contributed by atoms with E-state index in [1.54, 1.807) is 0 Å². The Morgan fingerprint density at radius 2 is 1.67 bits per heavy atom. The molecule has 30 heavy (non-hydrogen) atoms. The van der Waals surface area contributed by atoms with E-state index in [-0.39, 0.29) is 16.8 Å². The number of nitriles is 2. The smallest absolute Gasteiger partial charge is 0.334 e. The first-order valence-electron chi connectivity index (χ1n) is 10.0. The van der Waals surface area contributed by atoms with Crippen molar-refractivity contribution >= 4 is 26.0 Å². The largest absolute Gasteiger partial charge is 0.353 e. The van der Waals surface area contributed by atoms with Gasteiger partial charge in [-0.25, -0.2) is 4.98 Å². The van der Waals surface area contributed by atoms with Crippen LogP contribution in [0.4, 0.5) is 5.82 Å². The van der Waals surface area contributed by atoms with Gasteiger partial charge in [0.2, 0.25) is 0 Å². The van der Waals surface area contributed by atoms with Gasteiger partial charge in [-0.2, -0.15) is 10.5 Å². The van der Waals surface area contributed by atoms with Crippen LogP contribution < -0.4 is 4.90 Å². The van der Waals surface area contributed by atoms with Crippen molar-refractivity contribution in [3.63, 3.8) is 0 Å². The maximum atomic E-state index is 9.73. The van der Waals surface area contributed by atoms with E-state index in [4.69, 9.17) is 25.2 Å². The molecule has 164 valence electrons. The predicted molar refractivity (Wildman–Crippen MR) is 118 cm³/mol. The first kappa shape index (κ1) is 24.8. The SMILES string of the molecule is CCc1c(C#N)c(Cl)nc(N2CCC(OP(OC(C)(C)C)OC(C)(C)C)C2)c1C#N. The summed E-state index contributed by atoms with van der Waals surface area (Å²) in [5.74, 6) is 0.502. The number of rotatable bonds is 6. The van der Waals surface area contributed by atoms with Crippen molar-refractivity contribution in [2.24, 2.45) is 0 Å². The molecule has 9 heteroatoms. The lowest BCUT2D eigenvalue weighted by atomic mass is 10.0. The van der Waals surface area contributed by atoms with E-state index in [2.05, 4.69) is 17.1 Å². The first-order chi connectivity index (χ1) is 13.9. The number of hydrogen-bond donors (Lipinski definition) is 0. The van der Waals surface area contributed by atoms with Crippen molar-refractivity contribution in [2.45, 2.75) is 78.6 Å². The average Bonchev–Trinajstić information content (AvgIpc) is 3.05. The maximum absolute atomic E-state index is 9.73. The summed E-state index contributed by atoms with van der Waals surface area (Å²) >= 11 is 6.25. The zero-order chi connectivity index (χ0) is 22.7. The summed E-state index contributed by atoms with van der Waals surface area (Å²) in [6.07, 6.45) is 1.14. The quantitative estimate of drug-likeness (QED) is 0.416. The second kappa shape index (κ2) is 9.77. The van der Waals surface area contributed by atoms with Gasteiger partial charge in [0, 0.05) is 13.1 Å². The highest BCUT2D eigenvalue weighted by Crippen LogP contribution is 2.49. The highest BCUT2D eigenvalue weighted by molar-refractivity contribution is 7.41. The van der Waals surface area contributed by atoms with Crippen LogP contribution >= 0.6 is 20.2 Å². The summed E-state index contributed by atoms with van der Waals surface area (Å²) in [6, 6.07) is 4.28. The number of hydrogen-bond acceptors (Lipinski definition) is 7. The second-order valence-corrected chi connectivity index (χ2v) is 10.5. The van der Waals surface area contributed by atoms with Crippen molar-refractivity contribution in [2.75, 3.05) is 18.0 Å². The molecule has 1 atom stereocenters. The molecule has 7 nitrogen and oxygen atoms in total. The Morgan fingerprint density at radius 3 is 2.13 bits per heavy atom. The summed E-state index contributed by atoms with van der Waals surface area (Å²) in [7, 11) is -1.55. The molecule has 1 saturated heterocycles. The Labute approximate surface area is 185 Å². The molecule has 0 aromatic carbocycles. The summed E-state index contributed by atoms with van der Waals surface area (Å²) in [5, 5.41) is 19.2. The number of anilines is 1. The normalized spacial score (nSPS) is 17.3. The van der Waals surface area contributed by atoms with Gasteiger partial charge in [0.1, 0.15) is 23.1 Å². The molecule has 2 heterocycles. The van der Waals surface area contributed by atoms with E-state index in [0.717, 1.165) is 6.42 Å². The van der Waals surface area contributed by atoms with Gasteiger partial charge in [-0.15, -0.1) is 0 Å². The maximum Gasteiger partial charge on any atom is 0.334 e. The van der Waals surface area contributed by atoms with Gasteiger partial charge in [-0.1, -0.05) is 18.5 Å². The van der Waals surface area contributed by atoms with Crippen molar-refractivity contribution < 1.29 is 13.6 Å². The van der Waals surface area contributed by atoms with Gasteiger partial charge >= 0.3 is 8.60 Å². The van der Waals surface area contributed by atoms with Crippen LogP contribution in [0, 0.1) is 22.7 Å². The topological polar surface area (TPSA) is 91.4 Å². The number of pyridine rings is 1. The minimum absolute atomic E-state index is 0.127. The fourth-order valence-electron chi connectivity index (χ4n) is 3.04. The Morgan fingerprint density at radius 1 is 1.10 bits per heavy atom. The van der Waals surface area contributed by atoms with E-state index in [1.807, 2.05) is 53.4 Å². The highest BCUT2D eigenvalue weighted by Gasteiger charge is 2.34. The highest BCUT2D eigenvalue weighted by atomic mass is 35.5. The molecule has 0 spiro atoms. The molecular weight excluding hydrogens is 423 g/mol. The van der Waals surface area contributed by atoms with E-state index < -0.39 is 19.8 Å². The summed E-state index contributed by atoms with van der Waals surface area (Å²) in [5.41, 5.74) is 0.502. The first-order valence-corrected chi connectivity index (χ1v) is 11.5. The van der Waals surface area contributed by atoms with Crippen LogP contribution in [0.15, 0.2) is 0 Å². The zero-order valence-electron chi connectivity index (χ0n) is 18.7. The monoisotopic (exact) mass is 452 g/mol. The van der Waals surface area contributed by atoms with Crippen LogP contribution in [0.5, 0.6) is 0 Å². The molecular formula is C21H30ClN4O3P. The number of halogens is 1. The summed E-state index contributed by atoms with van der Waals surface area (Å²) in [6.45, 7) is 14.9. The molecule has 2 rings (SSSR count). The van der Waals surface area contributed by atoms with Crippen LogP contribution in [0.25, 0.3) is 0 Å². The fraction of sp³-hybridized carbons (Fsp3) is 0.667. The molecule has 0 aliphatic carbocycles. The third-order valence-corrected chi connectivity index (χ3v) is 6.33. The van der Waals surface area contributed by atoms with Gasteiger partial charge in [0.15, 0.2) is 0 Å². The van der Waals surface area contributed by atoms with Crippen LogP contribution in [0.1, 0.15) is 71.6 Å². The number of nitrogens with zero attached hydrogens (tertiary/aromatic N) is 4. The molecule has 1 unspecified atom stereocenters. The fourth-order valence-corrected chi connectivity index (χ4v) is 4.71. The average molecular weight is 453 g/mol. The van der Waals surface area contributed by atoms with Crippen molar-refractivity contribution in [3.05, 3.63) is 21.8 Å². The molecule has 1 aliphatic rings. The minimum atomic E-state index is -1.55. The molecule has 1 aromatic rings. The third-order valence-electron chi connectivity index (χ3n) is 4.19. The molecule has 0 bridgehead atoms. The molecule has 1 fully saturated rings. The lowest BCUT2D eigenvalue weighted by Gasteiger charge is -2.31. The van der Waals surface area contributed by atoms with Crippen LogP contribution in [-0.4, -0.2) is 35.4 Å². The Bertz CT molecular complexity index is 836. The van der Waals surface area contributed by atoms with Crippen LogP contribution in [-0.2, 0) is 20.0 Å². The predicted octanol–water partition coefficient (Wildman–Crippen LogP) is 5.49. The van der Waals surface area contributed by atoms with Gasteiger partial charge in [0.25, 0.3) is 0 Å². The minimum Gasteiger partial charge on any atom is -0.353 e. The van der Waals surface area contributed by atoms with E-state index in [0.29, 0.717) is 36.5 Å². The van der Waals surface area contributed by atoms with Crippen molar-refractivity contribution in [3.8, 4) is 12.1 Å². The molecule has 0 saturated carbocycles. The summed E-state index contributed by atoms with van der Waals surface area (Å²) in [4.78, 5) is 6.35. The summed E-state index contributed by atoms with van der Waals surface area (Å²) < 4.78 is 18.3. The third kappa shape index (κ3) is 6.51. The van der Waals surface area contributed by atoms with Crippen LogP contribution in [0.3, 0.4) is 0 Å². The van der Waals surface area contributed by atoms with Gasteiger partial charge in [0.05, 0.1) is 28.4 Å². The molecule has 1 aromatic heterocycles. The number of aromatic nitrogens is 1. The Hall–Kier alpha value is -1.47. The molecule has 1 aliphatic heterocycles. The lowest BCUT2D eigenvalue weighted by Crippen LogP contribution is -2.27.